The molecule has 0 aliphatic rings. The van der Waals surface area contributed by atoms with E-state index < -0.39 is 23.8 Å². The van der Waals surface area contributed by atoms with Crippen LogP contribution in [0.3, 0.4) is 0 Å². The van der Waals surface area contributed by atoms with Crippen molar-refractivity contribution in [3.63, 3.8) is 0 Å². The van der Waals surface area contributed by atoms with Crippen LogP contribution in [-0.2, 0) is 11.2 Å². The van der Waals surface area contributed by atoms with E-state index in [1.54, 1.807) is 54.6 Å². The molecule has 0 heterocycles. The molecule has 0 spiro atoms. The number of nitrogens with one attached hydrogen (secondary N) is 2. The van der Waals surface area contributed by atoms with Crippen molar-refractivity contribution in [3.8, 4) is 0 Å². The van der Waals surface area contributed by atoms with Crippen molar-refractivity contribution in [1.29, 1.82) is 0 Å². The first-order chi connectivity index (χ1) is 15.7. The Labute approximate surface area is 213 Å². The molecule has 0 aliphatic heterocycles. The minimum absolute atomic E-state index is 0.0276. The molecule has 0 radical (unpaired) electrons. The van der Waals surface area contributed by atoms with E-state index in [-0.39, 0.29) is 32.6 Å². The van der Waals surface area contributed by atoms with Crippen LogP contribution < -0.4 is 10.6 Å². The van der Waals surface area contributed by atoms with Crippen LogP contribution in [0.25, 0.3) is 0 Å². The zero-order chi connectivity index (χ0) is 24.1. The minimum Gasteiger partial charge on any atom is -0.480 e. The van der Waals surface area contributed by atoms with Crippen LogP contribution in [-0.4, -0.2) is 28.9 Å². The lowest BCUT2D eigenvalue weighted by molar-refractivity contribution is -0.139. The molecule has 1 atom stereocenters. The van der Waals surface area contributed by atoms with Gasteiger partial charge in [0.25, 0.3) is 11.8 Å². The van der Waals surface area contributed by atoms with Crippen molar-refractivity contribution in [2.75, 3.05) is 5.32 Å². The highest BCUT2D eigenvalue weighted by Gasteiger charge is 2.22. The Bertz CT molecular complexity index is 1200. The molecule has 3 aromatic rings. The summed E-state index contributed by atoms with van der Waals surface area (Å²) in [5.74, 6) is -2.26. The molecule has 10 heteroatoms. The second-order valence-electron chi connectivity index (χ2n) is 6.94. The summed E-state index contributed by atoms with van der Waals surface area (Å²) < 4.78 is 0.697. The first-order valence-electron chi connectivity index (χ1n) is 9.48. The van der Waals surface area contributed by atoms with Gasteiger partial charge in [-0.15, -0.1) is 0 Å². The maximum atomic E-state index is 12.5. The molecule has 0 saturated heterocycles. The number of halogens is 4. The lowest BCUT2D eigenvalue weighted by Crippen LogP contribution is -2.42. The number of carboxylic acid groups (broad SMARTS) is 1. The molecule has 1 unspecified atom stereocenters. The van der Waals surface area contributed by atoms with Crippen LogP contribution >= 0.6 is 50.7 Å². The molecule has 33 heavy (non-hydrogen) atoms. The molecule has 0 saturated carbocycles. The number of aliphatic carboxylic acids is 1. The largest absolute Gasteiger partial charge is 0.480 e. The van der Waals surface area contributed by atoms with E-state index >= 15 is 0 Å². The number of anilines is 1. The molecule has 0 bridgehead atoms. The van der Waals surface area contributed by atoms with Gasteiger partial charge in [0, 0.05) is 16.6 Å². The third-order valence-electron chi connectivity index (χ3n) is 4.62. The number of hydrogen-bond acceptors (Lipinski definition) is 3. The Morgan fingerprint density at radius 3 is 2.09 bits per heavy atom. The number of benzene rings is 3. The second kappa shape index (κ2) is 11.0. The zero-order valence-electron chi connectivity index (χ0n) is 16.7. The summed E-state index contributed by atoms with van der Waals surface area (Å²) in [7, 11) is 0. The molecule has 2 amide bonds. The summed E-state index contributed by atoms with van der Waals surface area (Å²) in [5.41, 5.74) is 1.43. The van der Waals surface area contributed by atoms with Gasteiger partial charge in [-0.05, 0) is 48.0 Å². The number of carbonyl (C=O) groups excluding carboxylic acids is 2. The van der Waals surface area contributed by atoms with Gasteiger partial charge < -0.3 is 15.7 Å². The van der Waals surface area contributed by atoms with Crippen LogP contribution in [0, 0.1) is 0 Å². The fraction of sp³-hybridized carbons (Fsp3) is 0.0870. The molecule has 170 valence electrons. The third kappa shape index (κ3) is 6.48. The number of carbonyl (C=O) groups is 3. The fourth-order valence-corrected chi connectivity index (χ4v) is 4.31. The smallest absolute Gasteiger partial charge is 0.326 e. The third-order valence-corrected chi connectivity index (χ3v) is 6.06. The molecule has 3 rings (SSSR count). The molecular formula is C23H16BrCl3N2O4. The Hall–Kier alpha value is -2.58. The van der Waals surface area contributed by atoms with Crippen molar-refractivity contribution in [3.05, 3.63) is 96.9 Å². The van der Waals surface area contributed by atoms with Gasteiger partial charge in [0.2, 0.25) is 0 Å². The molecule has 3 aromatic carbocycles. The summed E-state index contributed by atoms with van der Waals surface area (Å²) in [6.07, 6.45) is 0.0276. The van der Waals surface area contributed by atoms with Gasteiger partial charge in [-0.3, -0.25) is 9.59 Å². The quantitative estimate of drug-likeness (QED) is 0.321. The lowest BCUT2D eigenvalue weighted by Gasteiger charge is -2.16. The Balaban J connectivity index is 1.68. The van der Waals surface area contributed by atoms with Gasteiger partial charge in [0.1, 0.15) is 6.04 Å². The molecule has 0 fully saturated rings. The highest BCUT2D eigenvalue weighted by atomic mass is 79.9. The first-order valence-corrected chi connectivity index (χ1v) is 11.4. The van der Waals surface area contributed by atoms with Gasteiger partial charge in [-0.25, -0.2) is 4.79 Å². The van der Waals surface area contributed by atoms with Gasteiger partial charge in [-0.1, -0.05) is 68.9 Å². The van der Waals surface area contributed by atoms with E-state index in [1.807, 2.05) is 0 Å². The highest BCUT2D eigenvalue weighted by molar-refractivity contribution is 9.10. The summed E-state index contributed by atoms with van der Waals surface area (Å²) >= 11 is 21.5. The van der Waals surface area contributed by atoms with E-state index in [0.717, 1.165) is 0 Å². The molecule has 6 nitrogen and oxygen atoms in total. The maximum absolute atomic E-state index is 12.5. The molecule has 0 aliphatic carbocycles. The topological polar surface area (TPSA) is 95.5 Å². The molecular weight excluding hydrogens is 555 g/mol. The summed E-state index contributed by atoms with van der Waals surface area (Å²) in [6, 6.07) is 14.8. The van der Waals surface area contributed by atoms with E-state index in [4.69, 9.17) is 34.8 Å². The van der Waals surface area contributed by atoms with Gasteiger partial charge in [0.05, 0.1) is 26.2 Å². The van der Waals surface area contributed by atoms with Gasteiger partial charge >= 0.3 is 5.97 Å². The van der Waals surface area contributed by atoms with E-state index in [0.29, 0.717) is 15.7 Å². The summed E-state index contributed by atoms with van der Waals surface area (Å²) in [6.45, 7) is 0. The maximum Gasteiger partial charge on any atom is 0.326 e. The number of rotatable bonds is 7. The van der Waals surface area contributed by atoms with Crippen LogP contribution in [0.15, 0.2) is 65.1 Å². The predicted octanol–water partition coefficient (Wildman–Crippen LogP) is 6.09. The SMILES string of the molecule is O=C(NC(Cc1ccc(NC(=O)c2c(Cl)cccc2Cl)cc1)C(=O)O)c1ccc(Br)cc1Cl. The Morgan fingerprint density at radius 2 is 1.52 bits per heavy atom. The first kappa shape index (κ1) is 25.1. The normalized spacial score (nSPS) is 11.5. The number of hydrogen-bond donors (Lipinski definition) is 3. The van der Waals surface area contributed by atoms with Crippen molar-refractivity contribution in [1.82, 2.24) is 5.32 Å². The summed E-state index contributed by atoms with van der Waals surface area (Å²) in [5, 5.41) is 15.4. The number of amides is 2. The average Bonchev–Trinajstić information content (AvgIpc) is 2.74. The van der Waals surface area contributed by atoms with Crippen molar-refractivity contribution < 1.29 is 19.5 Å². The standard InChI is InChI=1S/C23H16BrCl3N2O4/c24-13-6-9-15(18(27)11-13)21(30)29-19(23(32)33)10-12-4-7-14(8-5-12)28-22(31)20-16(25)2-1-3-17(20)26/h1-9,11,19H,10H2,(H,28,31)(H,29,30)(H,32,33). The lowest BCUT2D eigenvalue weighted by atomic mass is 10.0. The van der Waals surface area contributed by atoms with Crippen molar-refractivity contribution >= 4 is 74.2 Å². The second-order valence-corrected chi connectivity index (χ2v) is 9.08. The van der Waals surface area contributed by atoms with E-state index in [2.05, 4.69) is 26.6 Å². The zero-order valence-corrected chi connectivity index (χ0v) is 20.6. The average molecular weight is 571 g/mol. The fourth-order valence-electron chi connectivity index (χ4n) is 2.98. The van der Waals surface area contributed by atoms with Crippen LogP contribution in [0.2, 0.25) is 15.1 Å². The van der Waals surface area contributed by atoms with E-state index in [1.165, 1.54) is 6.07 Å². The van der Waals surface area contributed by atoms with Crippen LogP contribution in [0.4, 0.5) is 5.69 Å². The van der Waals surface area contributed by atoms with Crippen LogP contribution in [0.5, 0.6) is 0 Å². The van der Waals surface area contributed by atoms with Crippen molar-refractivity contribution in [2.24, 2.45) is 0 Å². The minimum atomic E-state index is -1.19. The number of carboxylic acids is 1. The molecule has 0 aromatic heterocycles. The highest BCUT2D eigenvalue weighted by Crippen LogP contribution is 2.25. The summed E-state index contributed by atoms with van der Waals surface area (Å²) in [4.78, 5) is 36.7. The Kier molecular flexibility index (Phi) is 8.37. The van der Waals surface area contributed by atoms with Gasteiger partial charge in [-0.2, -0.15) is 0 Å². The monoisotopic (exact) mass is 568 g/mol. The van der Waals surface area contributed by atoms with Crippen LogP contribution in [0.1, 0.15) is 26.3 Å². The molecule has 3 N–H and O–H groups in total. The van der Waals surface area contributed by atoms with Crippen molar-refractivity contribution in [2.45, 2.75) is 12.5 Å². The predicted molar refractivity (Wildman–Crippen MR) is 133 cm³/mol. The Morgan fingerprint density at radius 1 is 0.879 bits per heavy atom. The van der Waals surface area contributed by atoms with Gasteiger partial charge in [0.15, 0.2) is 0 Å². The van der Waals surface area contributed by atoms with E-state index in [9.17, 15) is 19.5 Å².